The van der Waals surface area contributed by atoms with Crippen LogP contribution in [0.3, 0.4) is 0 Å². The van der Waals surface area contributed by atoms with Crippen LogP contribution in [-0.2, 0) is 9.84 Å². The molecule has 0 radical (unpaired) electrons. The van der Waals surface area contributed by atoms with Gasteiger partial charge >= 0.3 is 0 Å². The largest absolute Gasteiger partial charge is 0.311 e. The number of sulfone groups is 1. The standard InChI is InChI=1S/C9H17NO2S.ClH/c1-2-13(11,12)9-5-7-3-4-8(6-9)10-7;/h7-10H,2-6H2,1H3;1H. The van der Waals surface area contributed by atoms with Crippen LogP contribution in [0.2, 0.25) is 0 Å². The number of rotatable bonds is 2. The molecule has 2 aliphatic heterocycles. The fourth-order valence-corrected chi connectivity index (χ4v) is 4.06. The second-order valence-electron chi connectivity index (χ2n) is 4.18. The van der Waals surface area contributed by atoms with E-state index in [4.69, 9.17) is 0 Å². The average molecular weight is 240 g/mol. The average Bonchev–Trinajstić information content (AvgIpc) is 2.45. The fraction of sp³-hybridized carbons (Fsp3) is 1.00. The summed E-state index contributed by atoms with van der Waals surface area (Å²) in [5, 5.41) is 3.39. The molecule has 2 heterocycles. The normalized spacial score (nSPS) is 36.5. The number of piperidine rings is 1. The third kappa shape index (κ3) is 2.23. The molecule has 0 aromatic heterocycles. The van der Waals surface area contributed by atoms with E-state index in [0.717, 1.165) is 12.8 Å². The van der Waals surface area contributed by atoms with Gasteiger partial charge in [-0.15, -0.1) is 12.4 Å². The summed E-state index contributed by atoms with van der Waals surface area (Å²) in [5.74, 6) is 0.303. The molecule has 2 aliphatic rings. The lowest BCUT2D eigenvalue weighted by Gasteiger charge is -2.28. The van der Waals surface area contributed by atoms with Crippen molar-refractivity contribution in [1.29, 1.82) is 0 Å². The van der Waals surface area contributed by atoms with Crippen molar-refractivity contribution in [3.63, 3.8) is 0 Å². The smallest absolute Gasteiger partial charge is 0.153 e. The zero-order valence-electron chi connectivity index (χ0n) is 8.40. The zero-order chi connectivity index (χ0) is 9.47. The van der Waals surface area contributed by atoms with Gasteiger partial charge in [0.05, 0.1) is 5.25 Å². The van der Waals surface area contributed by atoms with Gasteiger partial charge in [0.1, 0.15) is 0 Å². The first-order chi connectivity index (χ1) is 6.12. The van der Waals surface area contributed by atoms with Crippen LogP contribution in [0.1, 0.15) is 32.6 Å². The highest BCUT2D eigenvalue weighted by atomic mass is 35.5. The van der Waals surface area contributed by atoms with Crippen LogP contribution in [-0.4, -0.2) is 31.5 Å². The maximum atomic E-state index is 11.6. The summed E-state index contributed by atoms with van der Waals surface area (Å²) in [4.78, 5) is 0. The van der Waals surface area contributed by atoms with Gasteiger partial charge in [-0.25, -0.2) is 8.42 Å². The van der Waals surface area contributed by atoms with E-state index < -0.39 is 9.84 Å². The molecule has 3 nitrogen and oxygen atoms in total. The summed E-state index contributed by atoms with van der Waals surface area (Å²) in [5.41, 5.74) is 0. The Balaban J connectivity index is 0.000000980. The van der Waals surface area contributed by atoms with E-state index in [1.54, 1.807) is 6.92 Å². The van der Waals surface area contributed by atoms with E-state index in [0.29, 0.717) is 17.8 Å². The third-order valence-electron chi connectivity index (χ3n) is 3.34. The molecule has 2 atom stereocenters. The molecule has 2 unspecified atom stereocenters. The Morgan fingerprint density at radius 3 is 2.14 bits per heavy atom. The summed E-state index contributed by atoms with van der Waals surface area (Å²) in [6, 6.07) is 0.954. The van der Waals surface area contributed by atoms with E-state index in [1.807, 2.05) is 0 Å². The molecule has 2 rings (SSSR count). The van der Waals surface area contributed by atoms with Crippen molar-refractivity contribution in [3.8, 4) is 0 Å². The zero-order valence-corrected chi connectivity index (χ0v) is 10.0. The highest BCUT2D eigenvalue weighted by Gasteiger charge is 2.38. The molecular weight excluding hydrogens is 222 g/mol. The minimum Gasteiger partial charge on any atom is -0.311 e. The van der Waals surface area contributed by atoms with Crippen molar-refractivity contribution in [3.05, 3.63) is 0 Å². The Bertz CT molecular complexity index is 279. The van der Waals surface area contributed by atoms with Crippen LogP contribution >= 0.6 is 12.4 Å². The molecule has 2 fully saturated rings. The molecule has 0 aliphatic carbocycles. The minimum atomic E-state index is -2.79. The van der Waals surface area contributed by atoms with Crippen molar-refractivity contribution in [1.82, 2.24) is 5.32 Å². The molecular formula is C9H18ClNO2S. The van der Waals surface area contributed by atoms with Crippen LogP contribution in [0.5, 0.6) is 0 Å². The predicted octanol–water partition coefficient (Wildman–Crippen LogP) is 1.13. The fourth-order valence-electron chi connectivity index (χ4n) is 2.53. The Labute approximate surface area is 92.0 Å². The molecule has 2 bridgehead atoms. The van der Waals surface area contributed by atoms with Gasteiger partial charge in [0.25, 0.3) is 0 Å². The first-order valence-electron chi connectivity index (χ1n) is 5.09. The summed E-state index contributed by atoms with van der Waals surface area (Å²) in [7, 11) is -2.79. The number of halogens is 1. The van der Waals surface area contributed by atoms with Gasteiger partial charge in [0.2, 0.25) is 0 Å². The van der Waals surface area contributed by atoms with E-state index in [9.17, 15) is 8.42 Å². The molecule has 0 saturated carbocycles. The second kappa shape index (κ2) is 4.37. The summed E-state index contributed by atoms with van der Waals surface area (Å²) >= 11 is 0. The van der Waals surface area contributed by atoms with Crippen LogP contribution in [0.15, 0.2) is 0 Å². The lowest BCUT2D eigenvalue weighted by Crippen LogP contribution is -2.43. The topological polar surface area (TPSA) is 46.2 Å². The second-order valence-corrected chi connectivity index (χ2v) is 6.75. The molecule has 5 heteroatoms. The van der Waals surface area contributed by atoms with Gasteiger partial charge in [-0.3, -0.25) is 0 Å². The van der Waals surface area contributed by atoms with E-state index in [-0.39, 0.29) is 17.7 Å². The predicted molar refractivity (Wildman–Crippen MR) is 59.7 cm³/mol. The Morgan fingerprint density at radius 1 is 1.21 bits per heavy atom. The van der Waals surface area contributed by atoms with Crippen LogP contribution in [0.4, 0.5) is 0 Å². The number of fused-ring (bicyclic) bond motifs is 2. The first kappa shape index (κ1) is 12.3. The lowest BCUT2D eigenvalue weighted by atomic mass is 10.1. The molecule has 0 aromatic rings. The van der Waals surface area contributed by atoms with Gasteiger partial charge in [0, 0.05) is 17.8 Å². The number of hydrogen-bond donors (Lipinski definition) is 1. The maximum absolute atomic E-state index is 11.6. The summed E-state index contributed by atoms with van der Waals surface area (Å²) in [6.45, 7) is 1.75. The molecule has 1 N–H and O–H groups in total. The molecule has 84 valence electrons. The van der Waals surface area contributed by atoms with E-state index in [2.05, 4.69) is 5.32 Å². The van der Waals surface area contributed by atoms with Gasteiger partial charge in [-0.05, 0) is 25.7 Å². The molecule has 14 heavy (non-hydrogen) atoms. The van der Waals surface area contributed by atoms with Crippen LogP contribution in [0, 0.1) is 0 Å². The lowest BCUT2D eigenvalue weighted by molar-refractivity contribution is 0.401. The molecule has 0 aromatic carbocycles. The van der Waals surface area contributed by atoms with Gasteiger partial charge in [-0.2, -0.15) is 0 Å². The highest BCUT2D eigenvalue weighted by molar-refractivity contribution is 7.92. The number of hydrogen-bond acceptors (Lipinski definition) is 3. The quantitative estimate of drug-likeness (QED) is 0.786. The summed E-state index contributed by atoms with van der Waals surface area (Å²) < 4.78 is 23.3. The molecule has 0 amide bonds. The first-order valence-corrected chi connectivity index (χ1v) is 6.81. The summed E-state index contributed by atoms with van der Waals surface area (Å²) in [6.07, 6.45) is 4.01. The van der Waals surface area contributed by atoms with Crippen molar-refractivity contribution in [2.75, 3.05) is 5.75 Å². The van der Waals surface area contributed by atoms with E-state index >= 15 is 0 Å². The van der Waals surface area contributed by atoms with E-state index in [1.165, 1.54) is 12.8 Å². The Morgan fingerprint density at radius 2 is 1.71 bits per heavy atom. The SMILES string of the molecule is CCS(=O)(=O)C1CC2CCC(C1)N2.Cl. The van der Waals surface area contributed by atoms with Crippen molar-refractivity contribution in [2.24, 2.45) is 0 Å². The minimum absolute atomic E-state index is 0. The van der Waals surface area contributed by atoms with Crippen molar-refractivity contribution in [2.45, 2.75) is 49.9 Å². The Hall–Kier alpha value is 0.200. The van der Waals surface area contributed by atoms with Crippen molar-refractivity contribution < 1.29 is 8.42 Å². The van der Waals surface area contributed by atoms with Crippen LogP contribution < -0.4 is 5.32 Å². The molecule has 0 spiro atoms. The van der Waals surface area contributed by atoms with Crippen LogP contribution in [0.25, 0.3) is 0 Å². The highest BCUT2D eigenvalue weighted by Crippen LogP contribution is 2.30. The van der Waals surface area contributed by atoms with Gasteiger partial charge in [-0.1, -0.05) is 6.92 Å². The van der Waals surface area contributed by atoms with Gasteiger partial charge in [0.15, 0.2) is 9.84 Å². The van der Waals surface area contributed by atoms with Gasteiger partial charge < -0.3 is 5.32 Å². The maximum Gasteiger partial charge on any atom is 0.153 e. The third-order valence-corrected chi connectivity index (χ3v) is 5.55. The monoisotopic (exact) mass is 239 g/mol. The van der Waals surface area contributed by atoms with Crippen molar-refractivity contribution >= 4 is 22.2 Å². The molecule has 2 saturated heterocycles. The Kier molecular flexibility index (Phi) is 3.83. The number of nitrogens with one attached hydrogen (secondary N) is 1.